The Hall–Kier alpha value is -3.96. The third kappa shape index (κ3) is 4.81. The van der Waals surface area contributed by atoms with Gasteiger partial charge in [-0.2, -0.15) is 12.8 Å². The van der Waals surface area contributed by atoms with Gasteiger partial charge >= 0.3 is 0 Å². The molecule has 4 aromatic carbocycles. The van der Waals surface area contributed by atoms with Gasteiger partial charge < -0.3 is 5.32 Å². The quantitative estimate of drug-likeness (QED) is 0.332. The van der Waals surface area contributed by atoms with Crippen LogP contribution in [0, 0.1) is 12.8 Å². The molecule has 0 radical (unpaired) electrons. The monoisotopic (exact) mass is 478 g/mol. The summed E-state index contributed by atoms with van der Waals surface area (Å²) in [5.74, 6) is -0.296. The van der Waals surface area contributed by atoms with Crippen molar-refractivity contribution >= 4 is 27.5 Å². The predicted molar refractivity (Wildman–Crippen MR) is 142 cm³/mol. The molecule has 4 nitrogen and oxygen atoms in total. The van der Waals surface area contributed by atoms with Gasteiger partial charge in [0, 0.05) is 17.8 Å². The van der Waals surface area contributed by atoms with E-state index >= 15 is 0 Å². The molecule has 0 aromatic heterocycles. The summed E-state index contributed by atoms with van der Waals surface area (Å²) < 4.78 is 30.4. The summed E-state index contributed by atoms with van der Waals surface area (Å²) in [5, 5.41) is 3.70. The van der Waals surface area contributed by atoms with Gasteiger partial charge in [-0.25, -0.2) is 0 Å². The van der Waals surface area contributed by atoms with E-state index in [0.717, 1.165) is 33.5 Å². The van der Waals surface area contributed by atoms with Crippen LogP contribution in [-0.2, 0) is 10.0 Å². The maximum Gasteiger partial charge on any atom is 0.281 e. The van der Waals surface area contributed by atoms with Crippen molar-refractivity contribution in [2.24, 2.45) is 10.3 Å². The van der Waals surface area contributed by atoms with Crippen LogP contribution in [0.2, 0.25) is 0 Å². The lowest BCUT2D eigenvalue weighted by molar-refractivity contribution is 0.596. The summed E-state index contributed by atoms with van der Waals surface area (Å²) >= 11 is 0. The third-order valence-corrected chi connectivity index (χ3v) is 7.51. The van der Waals surface area contributed by atoms with Crippen LogP contribution in [0.25, 0.3) is 11.3 Å². The molecule has 2 unspecified atom stereocenters. The third-order valence-electron chi connectivity index (χ3n) is 6.25. The number of rotatable bonds is 6. The van der Waals surface area contributed by atoms with E-state index in [0.29, 0.717) is 0 Å². The van der Waals surface area contributed by atoms with Crippen LogP contribution < -0.4 is 5.32 Å². The first-order chi connectivity index (χ1) is 17.0. The molecule has 0 saturated heterocycles. The standard InChI is InChI=1S/C30H26N2O2S/c1-22-17-19-26(20-18-22)35(33,34)31-21-27-28(23-11-5-2-6-12-23)30(25-15-9-4-10-16-25)32-29(27)24-13-7-3-8-14-24/h2-21,27,29,32H,1H3/b31-21+. The Morgan fingerprint density at radius 3 is 1.86 bits per heavy atom. The highest BCUT2D eigenvalue weighted by Gasteiger charge is 2.36. The molecular formula is C30H26N2O2S. The number of aryl methyl sites for hydroxylation is 1. The van der Waals surface area contributed by atoms with Crippen LogP contribution in [0.5, 0.6) is 0 Å². The molecule has 1 N–H and O–H groups in total. The molecule has 1 aliphatic rings. The fourth-order valence-corrected chi connectivity index (χ4v) is 5.38. The minimum absolute atomic E-state index is 0.168. The van der Waals surface area contributed by atoms with Crippen LogP contribution in [0.1, 0.15) is 28.3 Å². The number of hydrogen-bond acceptors (Lipinski definition) is 3. The zero-order chi connectivity index (χ0) is 24.3. The molecule has 2 atom stereocenters. The average molecular weight is 479 g/mol. The van der Waals surface area contributed by atoms with E-state index in [1.165, 1.54) is 0 Å². The van der Waals surface area contributed by atoms with Crippen molar-refractivity contribution in [2.45, 2.75) is 17.9 Å². The summed E-state index contributed by atoms with van der Waals surface area (Å²) in [6, 6.07) is 36.9. The van der Waals surface area contributed by atoms with Crippen LogP contribution >= 0.6 is 0 Å². The SMILES string of the molecule is Cc1ccc(S(=O)(=O)/N=C/C2C(c3ccccc3)=C(c3ccccc3)NC2c2ccccc2)cc1. The number of benzene rings is 4. The molecule has 35 heavy (non-hydrogen) atoms. The minimum Gasteiger partial charge on any atom is -0.376 e. The van der Waals surface area contributed by atoms with Crippen molar-refractivity contribution < 1.29 is 8.42 Å². The van der Waals surface area contributed by atoms with Crippen LogP contribution in [0.3, 0.4) is 0 Å². The van der Waals surface area contributed by atoms with Gasteiger partial charge in [0.1, 0.15) is 0 Å². The molecule has 0 amide bonds. The molecular weight excluding hydrogens is 452 g/mol. The van der Waals surface area contributed by atoms with Gasteiger partial charge in [0.05, 0.1) is 10.9 Å². The van der Waals surface area contributed by atoms with Crippen molar-refractivity contribution in [1.29, 1.82) is 0 Å². The number of nitrogens with one attached hydrogen (secondary N) is 1. The molecule has 0 aliphatic carbocycles. The van der Waals surface area contributed by atoms with E-state index in [4.69, 9.17) is 0 Å². The van der Waals surface area contributed by atoms with E-state index in [1.807, 2.05) is 61.5 Å². The molecule has 0 bridgehead atoms. The first kappa shape index (κ1) is 22.8. The fraction of sp³-hybridized carbons (Fsp3) is 0.100. The Labute approximate surface area is 206 Å². The van der Waals surface area contributed by atoms with Crippen molar-refractivity contribution in [2.75, 3.05) is 0 Å². The van der Waals surface area contributed by atoms with E-state index < -0.39 is 10.0 Å². The van der Waals surface area contributed by atoms with Gasteiger partial charge in [0.2, 0.25) is 0 Å². The lowest BCUT2D eigenvalue weighted by Crippen LogP contribution is -2.21. The van der Waals surface area contributed by atoms with Crippen LogP contribution in [0.4, 0.5) is 0 Å². The number of sulfonamides is 1. The van der Waals surface area contributed by atoms with Crippen LogP contribution in [0.15, 0.2) is 125 Å². The normalized spacial score (nSPS) is 18.1. The van der Waals surface area contributed by atoms with Gasteiger partial charge in [-0.3, -0.25) is 0 Å². The molecule has 0 saturated carbocycles. The van der Waals surface area contributed by atoms with Crippen molar-refractivity contribution in [1.82, 2.24) is 5.32 Å². The van der Waals surface area contributed by atoms with Crippen molar-refractivity contribution in [3.63, 3.8) is 0 Å². The maximum atomic E-state index is 13.1. The number of hydrogen-bond donors (Lipinski definition) is 1. The van der Waals surface area contributed by atoms with Crippen molar-refractivity contribution in [3.8, 4) is 0 Å². The molecule has 5 heteroatoms. The molecule has 1 heterocycles. The van der Waals surface area contributed by atoms with E-state index in [9.17, 15) is 8.42 Å². The lowest BCUT2D eigenvalue weighted by Gasteiger charge is -2.20. The Kier molecular flexibility index (Phi) is 6.34. The topological polar surface area (TPSA) is 58.5 Å². The second kappa shape index (κ2) is 9.72. The first-order valence-electron chi connectivity index (χ1n) is 11.6. The summed E-state index contributed by atoms with van der Waals surface area (Å²) in [6.45, 7) is 1.93. The molecule has 174 valence electrons. The van der Waals surface area contributed by atoms with E-state index in [2.05, 4.69) is 46.1 Å². The lowest BCUT2D eigenvalue weighted by atomic mass is 9.86. The highest BCUT2D eigenvalue weighted by molar-refractivity contribution is 7.90. The predicted octanol–water partition coefficient (Wildman–Crippen LogP) is 6.28. The Morgan fingerprint density at radius 1 is 0.714 bits per heavy atom. The van der Waals surface area contributed by atoms with Gasteiger partial charge in [0.15, 0.2) is 0 Å². The fourth-order valence-electron chi connectivity index (χ4n) is 4.48. The summed E-state index contributed by atoms with van der Waals surface area (Å²) in [6.07, 6.45) is 1.60. The second-order valence-electron chi connectivity index (χ2n) is 8.62. The van der Waals surface area contributed by atoms with Gasteiger partial charge in [-0.15, -0.1) is 0 Å². The molecule has 4 aromatic rings. The summed E-state index contributed by atoms with van der Waals surface area (Å²) in [5.41, 5.74) is 6.14. The van der Waals surface area contributed by atoms with Crippen molar-refractivity contribution in [3.05, 3.63) is 138 Å². The largest absolute Gasteiger partial charge is 0.376 e. The van der Waals surface area contributed by atoms with E-state index in [-0.39, 0.29) is 16.9 Å². The maximum absolute atomic E-state index is 13.1. The summed E-state index contributed by atoms with van der Waals surface area (Å²) in [7, 11) is -3.84. The van der Waals surface area contributed by atoms with Gasteiger partial charge in [-0.1, -0.05) is 109 Å². The highest BCUT2D eigenvalue weighted by atomic mass is 32.2. The molecule has 1 aliphatic heterocycles. The Bertz CT molecular complexity index is 1460. The zero-order valence-corrected chi connectivity index (χ0v) is 20.2. The van der Waals surface area contributed by atoms with Gasteiger partial charge in [0.25, 0.3) is 10.0 Å². The molecule has 0 spiro atoms. The minimum atomic E-state index is -3.84. The smallest absolute Gasteiger partial charge is 0.281 e. The highest BCUT2D eigenvalue weighted by Crippen LogP contribution is 2.44. The zero-order valence-electron chi connectivity index (χ0n) is 19.4. The summed E-state index contributed by atoms with van der Waals surface area (Å²) in [4.78, 5) is 0.190. The van der Waals surface area contributed by atoms with Crippen LogP contribution in [-0.4, -0.2) is 14.6 Å². The van der Waals surface area contributed by atoms with Gasteiger partial charge in [-0.05, 0) is 41.3 Å². The number of nitrogens with zero attached hydrogens (tertiary/aromatic N) is 1. The Balaban J connectivity index is 1.65. The molecule has 5 rings (SSSR count). The van der Waals surface area contributed by atoms with E-state index in [1.54, 1.807) is 30.5 Å². The second-order valence-corrected chi connectivity index (χ2v) is 10.3. The Morgan fingerprint density at radius 2 is 1.26 bits per heavy atom. The molecule has 0 fully saturated rings. The average Bonchev–Trinajstić information content (AvgIpc) is 3.29. The first-order valence-corrected chi connectivity index (χ1v) is 13.0.